The molecule has 21 heavy (non-hydrogen) atoms. The molecule has 0 heterocycles. The van der Waals surface area contributed by atoms with Crippen molar-refractivity contribution < 1.29 is 23.8 Å². The molecule has 2 aromatic carbocycles. The second-order valence-corrected chi connectivity index (χ2v) is 4.54. The Balaban J connectivity index is 1.90. The summed E-state index contributed by atoms with van der Waals surface area (Å²) >= 11 is 5.81. The van der Waals surface area contributed by atoms with E-state index >= 15 is 0 Å². The molecular weight excluding hydrogens is 299 g/mol. The Labute approximate surface area is 125 Å². The minimum atomic E-state index is -1.25. The molecule has 1 N–H and O–H groups in total. The summed E-state index contributed by atoms with van der Waals surface area (Å²) < 4.78 is 23.7. The van der Waals surface area contributed by atoms with Crippen molar-refractivity contribution in [2.24, 2.45) is 0 Å². The molecule has 0 aliphatic carbocycles. The summed E-state index contributed by atoms with van der Waals surface area (Å²) in [5.41, 5.74) is -0.224. The van der Waals surface area contributed by atoms with Gasteiger partial charge in [-0.05, 0) is 36.4 Å². The van der Waals surface area contributed by atoms with E-state index in [4.69, 9.17) is 26.2 Å². The quantitative estimate of drug-likeness (QED) is 0.828. The van der Waals surface area contributed by atoms with E-state index < -0.39 is 11.8 Å². The van der Waals surface area contributed by atoms with E-state index in [0.717, 1.165) is 12.1 Å². The van der Waals surface area contributed by atoms with Gasteiger partial charge in [0.05, 0.1) is 0 Å². The Bertz CT molecular complexity index is 645. The van der Waals surface area contributed by atoms with Gasteiger partial charge in [-0.3, -0.25) is 0 Å². The highest BCUT2D eigenvalue weighted by Gasteiger charge is 2.12. The molecule has 0 aromatic heterocycles. The number of halogens is 2. The van der Waals surface area contributed by atoms with Gasteiger partial charge >= 0.3 is 5.97 Å². The topological polar surface area (TPSA) is 55.8 Å². The van der Waals surface area contributed by atoms with Crippen LogP contribution in [0, 0.1) is 5.82 Å². The van der Waals surface area contributed by atoms with Gasteiger partial charge in [-0.2, -0.15) is 0 Å². The van der Waals surface area contributed by atoms with Crippen LogP contribution in [0.15, 0.2) is 42.5 Å². The van der Waals surface area contributed by atoms with Crippen molar-refractivity contribution >= 4 is 17.6 Å². The number of hydrogen-bond donors (Lipinski definition) is 1. The number of benzene rings is 2. The third-order valence-electron chi connectivity index (χ3n) is 2.58. The molecule has 0 amide bonds. The van der Waals surface area contributed by atoms with Crippen LogP contribution in [0.2, 0.25) is 5.02 Å². The third kappa shape index (κ3) is 4.36. The molecule has 0 unspecified atom stereocenters. The van der Waals surface area contributed by atoms with E-state index in [9.17, 15) is 9.18 Å². The Morgan fingerprint density at radius 3 is 2.62 bits per heavy atom. The molecule has 110 valence electrons. The SMILES string of the molecule is O=C(O)c1cc(F)ccc1OCCOc1cccc(Cl)c1. The molecule has 2 rings (SSSR count). The van der Waals surface area contributed by atoms with Gasteiger partial charge in [0.1, 0.15) is 36.1 Å². The molecule has 0 aliphatic heterocycles. The van der Waals surface area contributed by atoms with E-state index in [1.54, 1.807) is 24.3 Å². The smallest absolute Gasteiger partial charge is 0.339 e. The van der Waals surface area contributed by atoms with Gasteiger partial charge in [0.2, 0.25) is 0 Å². The van der Waals surface area contributed by atoms with Gasteiger partial charge < -0.3 is 14.6 Å². The maximum absolute atomic E-state index is 13.0. The number of carbonyl (C=O) groups is 1. The first-order valence-corrected chi connectivity index (χ1v) is 6.48. The van der Waals surface area contributed by atoms with Crippen LogP contribution in [0.3, 0.4) is 0 Å². The van der Waals surface area contributed by atoms with E-state index in [2.05, 4.69) is 0 Å². The minimum absolute atomic E-state index is 0.0959. The van der Waals surface area contributed by atoms with Crippen molar-refractivity contribution in [3.05, 3.63) is 58.9 Å². The summed E-state index contributed by atoms with van der Waals surface area (Å²) in [4.78, 5) is 11.0. The average molecular weight is 311 g/mol. The first-order valence-electron chi connectivity index (χ1n) is 6.10. The fraction of sp³-hybridized carbons (Fsp3) is 0.133. The molecular formula is C15H12ClFO4. The maximum Gasteiger partial charge on any atom is 0.339 e. The Morgan fingerprint density at radius 1 is 1.14 bits per heavy atom. The summed E-state index contributed by atoms with van der Waals surface area (Å²) in [6.45, 7) is 0.329. The zero-order valence-electron chi connectivity index (χ0n) is 10.9. The number of hydrogen-bond acceptors (Lipinski definition) is 3. The molecule has 0 bridgehead atoms. The van der Waals surface area contributed by atoms with E-state index in [-0.39, 0.29) is 24.5 Å². The number of ether oxygens (including phenoxy) is 2. The number of aromatic carboxylic acids is 1. The van der Waals surface area contributed by atoms with Gasteiger partial charge in [-0.15, -0.1) is 0 Å². The summed E-state index contributed by atoms with van der Waals surface area (Å²) in [5, 5.41) is 9.52. The highest BCUT2D eigenvalue weighted by molar-refractivity contribution is 6.30. The summed E-state index contributed by atoms with van der Waals surface area (Å²) in [7, 11) is 0. The average Bonchev–Trinajstić information content (AvgIpc) is 2.44. The maximum atomic E-state index is 13.0. The van der Waals surface area contributed by atoms with Crippen LogP contribution in [-0.4, -0.2) is 24.3 Å². The predicted octanol–water partition coefficient (Wildman–Crippen LogP) is 3.64. The Kier molecular flexibility index (Phi) is 5.00. The Morgan fingerprint density at radius 2 is 1.90 bits per heavy atom. The lowest BCUT2D eigenvalue weighted by Crippen LogP contribution is -2.11. The normalized spacial score (nSPS) is 10.2. The summed E-state index contributed by atoms with van der Waals surface area (Å²) in [5.74, 6) is -1.20. The molecule has 4 nitrogen and oxygen atoms in total. The van der Waals surface area contributed by atoms with Crippen molar-refractivity contribution in [2.75, 3.05) is 13.2 Å². The van der Waals surface area contributed by atoms with Crippen LogP contribution in [0.5, 0.6) is 11.5 Å². The van der Waals surface area contributed by atoms with Crippen molar-refractivity contribution in [2.45, 2.75) is 0 Å². The largest absolute Gasteiger partial charge is 0.490 e. The minimum Gasteiger partial charge on any atom is -0.490 e. The van der Waals surface area contributed by atoms with Crippen LogP contribution in [0.25, 0.3) is 0 Å². The highest BCUT2D eigenvalue weighted by Crippen LogP contribution is 2.20. The third-order valence-corrected chi connectivity index (χ3v) is 2.81. The number of carboxylic acids is 1. The molecule has 0 aliphatic rings. The first kappa shape index (κ1) is 15.1. The van der Waals surface area contributed by atoms with Crippen LogP contribution in [0.1, 0.15) is 10.4 Å². The van der Waals surface area contributed by atoms with Gasteiger partial charge in [-0.25, -0.2) is 9.18 Å². The highest BCUT2D eigenvalue weighted by atomic mass is 35.5. The molecule has 6 heteroatoms. The summed E-state index contributed by atoms with van der Waals surface area (Å²) in [6.07, 6.45) is 0. The molecule has 0 spiro atoms. The molecule has 0 radical (unpaired) electrons. The molecule has 0 fully saturated rings. The standard InChI is InChI=1S/C15H12ClFO4/c16-10-2-1-3-12(8-10)20-6-7-21-14-5-4-11(17)9-13(14)15(18)19/h1-5,8-9H,6-7H2,(H,18,19). The lowest BCUT2D eigenvalue weighted by Gasteiger charge is -2.10. The molecule has 0 atom stereocenters. The van der Waals surface area contributed by atoms with Crippen LogP contribution < -0.4 is 9.47 Å². The van der Waals surface area contributed by atoms with Gasteiger partial charge in [0.15, 0.2) is 0 Å². The van der Waals surface area contributed by atoms with Crippen LogP contribution in [-0.2, 0) is 0 Å². The second-order valence-electron chi connectivity index (χ2n) is 4.10. The van der Waals surface area contributed by atoms with Crippen molar-refractivity contribution in [3.8, 4) is 11.5 Å². The van der Waals surface area contributed by atoms with Gasteiger partial charge in [0, 0.05) is 5.02 Å². The molecule has 2 aromatic rings. The summed E-state index contributed by atoms with van der Waals surface area (Å²) in [6, 6.07) is 10.2. The van der Waals surface area contributed by atoms with E-state index in [1.165, 1.54) is 6.07 Å². The van der Waals surface area contributed by atoms with Gasteiger partial charge in [0.25, 0.3) is 0 Å². The van der Waals surface area contributed by atoms with Crippen molar-refractivity contribution in [1.82, 2.24) is 0 Å². The number of rotatable bonds is 6. The lowest BCUT2D eigenvalue weighted by molar-refractivity contribution is 0.0690. The molecule has 0 saturated heterocycles. The number of carboxylic acid groups (broad SMARTS) is 1. The van der Waals surface area contributed by atoms with Crippen LogP contribution in [0.4, 0.5) is 4.39 Å². The van der Waals surface area contributed by atoms with E-state index in [0.29, 0.717) is 10.8 Å². The monoisotopic (exact) mass is 310 g/mol. The second kappa shape index (κ2) is 6.95. The van der Waals surface area contributed by atoms with Crippen molar-refractivity contribution in [3.63, 3.8) is 0 Å². The van der Waals surface area contributed by atoms with E-state index in [1.807, 2.05) is 0 Å². The van der Waals surface area contributed by atoms with Gasteiger partial charge in [-0.1, -0.05) is 17.7 Å². The predicted molar refractivity (Wildman–Crippen MR) is 75.8 cm³/mol. The fourth-order valence-electron chi connectivity index (χ4n) is 1.66. The Hall–Kier alpha value is -2.27. The zero-order chi connectivity index (χ0) is 15.2. The lowest BCUT2D eigenvalue weighted by atomic mass is 10.2. The van der Waals surface area contributed by atoms with Crippen molar-refractivity contribution in [1.29, 1.82) is 0 Å². The first-order chi connectivity index (χ1) is 10.1. The van der Waals surface area contributed by atoms with Crippen LogP contribution >= 0.6 is 11.6 Å². The zero-order valence-corrected chi connectivity index (χ0v) is 11.6. The fourth-order valence-corrected chi connectivity index (χ4v) is 1.84. The molecule has 0 saturated carbocycles.